The Hall–Kier alpha value is -3.10. The predicted molar refractivity (Wildman–Crippen MR) is 122 cm³/mol. The molecule has 0 saturated heterocycles. The van der Waals surface area contributed by atoms with E-state index >= 15 is 0 Å². The van der Waals surface area contributed by atoms with Crippen LogP contribution >= 0.6 is 0 Å². The Bertz CT molecular complexity index is 1130. The average Bonchev–Trinajstić information content (AvgIpc) is 2.76. The molecule has 150 valence electrons. The van der Waals surface area contributed by atoms with Crippen LogP contribution in [0.1, 0.15) is 30.4 Å². The molecule has 0 N–H and O–H groups in total. The highest BCUT2D eigenvalue weighted by Crippen LogP contribution is 2.44. The Balaban J connectivity index is 1.25. The van der Waals surface area contributed by atoms with E-state index in [0.29, 0.717) is 6.61 Å². The smallest absolute Gasteiger partial charge is 0.127 e. The van der Waals surface area contributed by atoms with Gasteiger partial charge in [0.05, 0.1) is 13.2 Å². The fourth-order valence-corrected chi connectivity index (χ4v) is 4.33. The number of benzene rings is 4. The summed E-state index contributed by atoms with van der Waals surface area (Å²) in [5, 5.41) is 2.61. The van der Waals surface area contributed by atoms with Crippen LogP contribution in [-0.4, -0.2) is 6.61 Å². The molecule has 5 rings (SSSR count). The molecule has 0 bridgehead atoms. The van der Waals surface area contributed by atoms with Crippen molar-refractivity contribution in [3.63, 3.8) is 0 Å². The molecule has 1 aliphatic carbocycles. The van der Waals surface area contributed by atoms with Crippen LogP contribution in [0.5, 0.6) is 11.5 Å². The zero-order valence-corrected chi connectivity index (χ0v) is 17.1. The lowest BCUT2D eigenvalue weighted by atomic mass is 9.65. The largest absolute Gasteiger partial charge is 0.457 e. The number of fused-ring (bicyclic) bond motifs is 1. The number of hydrogen-bond acceptors (Lipinski definition) is 2. The number of ether oxygens (including phenoxy) is 2. The first-order valence-corrected chi connectivity index (χ1v) is 10.7. The van der Waals surface area contributed by atoms with Crippen molar-refractivity contribution < 1.29 is 9.47 Å². The summed E-state index contributed by atoms with van der Waals surface area (Å²) in [6, 6.07) is 33.5. The Morgan fingerprint density at radius 3 is 2.23 bits per heavy atom. The van der Waals surface area contributed by atoms with Crippen LogP contribution in [0, 0.1) is 0 Å². The Kier molecular flexibility index (Phi) is 5.25. The van der Waals surface area contributed by atoms with Gasteiger partial charge in [-0.1, -0.05) is 79.2 Å². The van der Waals surface area contributed by atoms with E-state index in [1.54, 1.807) is 0 Å². The molecule has 0 unspecified atom stereocenters. The first kappa shape index (κ1) is 18.9. The summed E-state index contributed by atoms with van der Waals surface area (Å²) in [4.78, 5) is 0. The SMILES string of the molecule is c1ccc(Oc2cccc(COCC3(c4ccc5ccccc5c4)CCC3)c2)cc1. The topological polar surface area (TPSA) is 18.5 Å². The molecule has 1 aliphatic rings. The zero-order chi connectivity index (χ0) is 20.2. The van der Waals surface area contributed by atoms with E-state index in [0.717, 1.165) is 23.7 Å². The minimum Gasteiger partial charge on any atom is -0.457 e. The van der Waals surface area contributed by atoms with E-state index in [2.05, 4.69) is 54.6 Å². The molecule has 4 aromatic carbocycles. The fourth-order valence-electron chi connectivity index (χ4n) is 4.33. The molecule has 2 nitrogen and oxygen atoms in total. The molecule has 0 aromatic heterocycles. The van der Waals surface area contributed by atoms with E-state index in [4.69, 9.17) is 9.47 Å². The van der Waals surface area contributed by atoms with E-state index in [9.17, 15) is 0 Å². The van der Waals surface area contributed by atoms with Crippen molar-refractivity contribution in [2.45, 2.75) is 31.3 Å². The third-order valence-electron chi connectivity index (χ3n) is 6.20. The summed E-state index contributed by atoms with van der Waals surface area (Å²) in [6.45, 7) is 1.36. The normalized spacial score (nSPS) is 14.9. The molecule has 30 heavy (non-hydrogen) atoms. The van der Waals surface area contributed by atoms with Crippen molar-refractivity contribution in [1.82, 2.24) is 0 Å². The minimum atomic E-state index is 0.155. The summed E-state index contributed by atoms with van der Waals surface area (Å²) in [5.41, 5.74) is 2.70. The van der Waals surface area contributed by atoms with Crippen LogP contribution < -0.4 is 4.74 Å². The van der Waals surface area contributed by atoms with Gasteiger partial charge in [0, 0.05) is 5.41 Å². The lowest BCUT2D eigenvalue weighted by Crippen LogP contribution is -2.39. The molecule has 1 fully saturated rings. The standard InChI is InChI=1S/C28H26O2/c1-2-11-26(12-3-1)30-27-13-6-8-22(18-27)20-29-21-28(16-7-17-28)25-15-14-23-9-4-5-10-24(23)19-25/h1-6,8-15,18-19H,7,16-17,20-21H2. The van der Waals surface area contributed by atoms with Crippen molar-refractivity contribution >= 4 is 10.8 Å². The average molecular weight is 395 g/mol. The summed E-state index contributed by atoms with van der Waals surface area (Å²) in [5.74, 6) is 1.69. The molecule has 0 amide bonds. The summed E-state index contributed by atoms with van der Waals surface area (Å²) in [7, 11) is 0. The van der Waals surface area contributed by atoms with Crippen molar-refractivity contribution in [3.8, 4) is 11.5 Å². The van der Waals surface area contributed by atoms with Crippen molar-refractivity contribution in [1.29, 1.82) is 0 Å². The lowest BCUT2D eigenvalue weighted by molar-refractivity contribution is 0.0355. The molecule has 0 spiro atoms. The summed E-state index contributed by atoms with van der Waals surface area (Å²) >= 11 is 0. The van der Waals surface area contributed by atoms with Gasteiger partial charge in [-0.25, -0.2) is 0 Å². The molecule has 0 radical (unpaired) electrons. The van der Waals surface area contributed by atoms with Crippen molar-refractivity contribution in [2.24, 2.45) is 0 Å². The Morgan fingerprint density at radius 2 is 1.43 bits per heavy atom. The maximum atomic E-state index is 6.24. The van der Waals surface area contributed by atoms with E-state index in [-0.39, 0.29) is 5.41 Å². The quantitative estimate of drug-likeness (QED) is 0.328. The van der Waals surface area contributed by atoms with E-state index in [1.165, 1.54) is 35.6 Å². The number of hydrogen-bond donors (Lipinski definition) is 0. The highest BCUT2D eigenvalue weighted by atomic mass is 16.5. The van der Waals surface area contributed by atoms with Gasteiger partial charge in [-0.2, -0.15) is 0 Å². The van der Waals surface area contributed by atoms with Gasteiger partial charge in [-0.05, 0) is 59.0 Å². The molecule has 4 aromatic rings. The highest BCUT2D eigenvalue weighted by Gasteiger charge is 2.39. The van der Waals surface area contributed by atoms with Gasteiger partial charge in [-0.15, -0.1) is 0 Å². The van der Waals surface area contributed by atoms with Gasteiger partial charge >= 0.3 is 0 Å². The summed E-state index contributed by atoms with van der Waals surface area (Å²) < 4.78 is 12.2. The van der Waals surface area contributed by atoms with Gasteiger partial charge in [0.25, 0.3) is 0 Å². The fraction of sp³-hybridized carbons (Fsp3) is 0.214. The second kappa shape index (κ2) is 8.33. The Morgan fingerprint density at radius 1 is 0.667 bits per heavy atom. The van der Waals surface area contributed by atoms with Gasteiger partial charge in [0.2, 0.25) is 0 Å². The van der Waals surface area contributed by atoms with Crippen LogP contribution in [0.15, 0.2) is 97.1 Å². The van der Waals surface area contributed by atoms with Crippen LogP contribution in [0.25, 0.3) is 10.8 Å². The Labute approximate surface area is 178 Å². The molecule has 2 heteroatoms. The van der Waals surface area contributed by atoms with Gasteiger partial charge in [0.15, 0.2) is 0 Å². The first-order valence-electron chi connectivity index (χ1n) is 10.7. The first-order chi connectivity index (χ1) is 14.8. The zero-order valence-electron chi connectivity index (χ0n) is 17.1. The predicted octanol–water partition coefficient (Wildman–Crippen LogP) is 7.27. The third kappa shape index (κ3) is 3.96. The second-order valence-corrected chi connectivity index (χ2v) is 8.25. The minimum absolute atomic E-state index is 0.155. The van der Waals surface area contributed by atoms with Crippen LogP contribution in [0.2, 0.25) is 0 Å². The van der Waals surface area contributed by atoms with E-state index in [1.807, 2.05) is 42.5 Å². The molecule has 0 atom stereocenters. The second-order valence-electron chi connectivity index (χ2n) is 8.25. The van der Waals surface area contributed by atoms with Crippen molar-refractivity contribution in [3.05, 3.63) is 108 Å². The number of rotatable bonds is 7. The molecule has 1 saturated carbocycles. The van der Waals surface area contributed by atoms with Crippen molar-refractivity contribution in [2.75, 3.05) is 6.61 Å². The summed E-state index contributed by atoms with van der Waals surface area (Å²) in [6.07, 6.45) is 3.67. The maximum Gasteiger partial charge on any atom is 0.127 e. The molecular formula is C28H26O2. The monoisotopic (exact) mass is 394 g/mol. The van der Waals surface area contributed by atoms with Gasteiger partial charge in [0.1, 0.15) is 11.5 Å². The van der Waals surface area contributed by atoms with Crippen LogP contribution in [-0.2, 0) is 16.8 Å². The molecule has 0 aliphatic heterocycles. The van der Waals surface area contributed by atoms with Crippen LogP contribution in [0.4, 0.5) is 0 Å². The molecular weight excluding hydrogens is 368 g/mol. The number of para-hydroxylation sites is 1. The van der Waals surface area contributed by atoms with Gasteiger partial charge < -0.3 is 9.47 Å². The third-order valence-corrected chi connectivity index (χ3v) is 6.20. The highest BCUT2D eigenvalue weighted by molar-refractivity contribution is 5.83. The van der Waals surface area contributed by atoms with Gasteiger partial charge in [-0.3, -0.25) is 0 Å². The lowest BCUT2D eigenvalue weighted by Gasteiger charge is -2.42. The maximum absolute atomic E-state index is 6.24. The van der Waals surface area contributed by atoms with E-state index < -0.39 is 0 Å². The molecule has 0 heterocycles. The van der Waals surface area contributed by atoms with Crippen LogP contribution in [0.3, 0.4) is 0 Å².